The van der Waals surface area contributed by atoms with Crippen molar-refractivity contribution in [2.24, 2.45) is 0 Å². The minimum Gasteiger partial charge on any atom is -0.487 e. The summed E-state index contributed by atoms with van der Waals surface area (Å²) in [5.41, 5.74) is 2.83. The molecule has 0 spiro atoms. The lowest BCUT2D eigenvalue weighted by molar-refractivity contribution is -0.134. The van der Waals surface area contributed by atoms with Crippen LogP contribution in [0, 0.1) is 6.92 Å². The third-order valence-corrected chi connectivity index (χ3v) is 4.01. The van der Waals surface area contributed by atoms with Gasteiger partial charge in [-0.25, -0.2) is 0 Å². The lowest BCUT2D eigenvalue weighted by Crippen LogP contribution is -2.10. The molecule has 0 saturated carbocycles. The molecule has 3 nitrogen and oxygen atoms in total. The van der Waals surface area contributed by atoms with Crippen molar-refractivity contribution in [1.82, 2.24) is 0 Å². The van der Waals surface area contributed by atoms with Crippen molar-refractivity contribution in [1.29, 1.82) is 0 Å². The zero-order valence-corrected chi connectivity index (χ0v) is 14.8. The van der Waals surface area contributed by atoms with Crippen molar-refractivity contribution < 1.29 is 14.3 Å². The van der Waals surface area contributed by atoms with E-state index >= 15 is 0 Å². The Morgan fingerprint density at radius 3 is 2.65 bits per heavy atom. The maximum atomic E-state index is 11.6. The van der Waals surface area contributed by atoms with Gasteiger partial charge < -0.3 is 9.47 Å². The molecule has 0 heterocycles. The topological polar surface area (TPSA) is 35.5 Å². The first-order valence-electron chi connectivity index (χ1n) is 7.36. The quantitative estimate of drug-likeness (QED) is 0.453. The fraction of sp³-hybridized carbons (Fsp3) is 0.278. The van der Waals surface area contributed by atoms with E-state index < -0.39 is 0 Å². The highest BCUT2D eigenvalue weighted by atomic mass is 35.5. The molecule has 5 heteroatoms. The minimum absolute atomic E-state index is 0.256. The minimum atomic E-state index is -0.282. The van der Waals surface area contributed by atoms with Gasteiger partial charge in [0.05, 0.1) is 5.02 Å². The predicted octanol–water partition coefficient (Wildman–Crippen LogP) is 4.97. The summed E-state index contributed by atoms with van der Waals surface area (Å²) in [5.74, 6) is 1.35. The van der Waals surface area contributed by atoms with Crippen molar-refractivity contribution in [3.63, 3.8) is 0 Å². The number of hydrogen-bond acceptors (Lipinski definition) is 4. The zero-order valence-electron chi connectivity index (χ0n) is 13.1. The number of rotatable bonds is 6. The van der Waals surface area contributed by atoms with Crippen molar-refractivity contribution >= 4 is 30.2 Å². The molecule has 0 aliphatic rings. The first-order chi connectivity index (χ1) is 11.0. The average Bonchev–Trinajstić information content (AvgIpc) is 2.54. The van der Waals surface area contributed by atoms with Gasteiger partial charge in [-0.3, -0.25) is 4.79 Å². The Bertz CT molecular complexity index is 701. The maximum absolute atomic E-state index is 11.6. The van der Waals surface area contributed by atoms with E-state index in [-0.39, 0.29) is 12.6 Å². The number of carbonyl (C=O) groups excluding carboxylic acids is 1. The van der Waals surface area contributed by atoms with Crippen LogP contribution in [0.4, 0.5) is 0 Å². The standard InChI is InChI=1S/C18H19ClO3S/c1-3-18(20)22-16-6-4-5-13(11-23)14(16)10-21-17-8-7-12(2)9-15(17)19/h4-9,23H,3,10-11H2,1-2H3. The van der Waals surface area contributed by atoms with Crippen LogP contribution in [0.25, 0.3) is 0 Å². The van der Waals surface area contributed by atoms with Crippen LogP contribution in [0.3, 0.4) is 0 Å². The highest BCUT2D eigenvalue weighted by Gasteiger charge is 2.13. The number of aryl methyl sites for hydroxylation is 1. The Morgan fingerprint density at radius 2 is 2.00 bits per heavy atom. The summed E-state index contributed by atoms with van der Waals surface area (Å²) in [6, 6.07) is 11.1. The summed E-state index contributed by atoms with van der Waals surface area (Å²) in [6.45, 7) is 3.98. The van der Waals surface area contributed by atoms with Crippen LogP contribution >= 0.6 is 24.2 Å². The average molecular weight is 351 g/mol. The summed E-state index contributed by atoms with van der Waals surface area (Å²) in [5, 5.41) is 0.556. The van der Waals surface area contributed by atoms with Crippen LogP contribution in [0.5, 0.6) is 11.5 Å². The van der Waals surface area contributed by atoms with E-state index in [0.29, 0.717) is 28.7 Å². The highest BCUT2D eigenvalue weighted by molar-refractivity contribution is 7.79. The molecule has 0 saturated heterocycles. The van der Waals surface area contributed by atoms with Crippen molar-refractivity contribution in [3.05, 3.63) is 58.1 Å². The molecule has 0 N–H and O–H groups in total. The van der Waals surface area contributed by atoms with Gasteiger partial charge in [0, 0.05) is 17.7 Å². The van der Waals surface area contributed by atoms with E-state index in [4.69, 9.17) is 21.1 Å². The molecule has 2 aromatic carbocycles. The van der Waals surface area contributed by atoms with Gasteiger partial charge in [-0.15, -0.1) is 0 Å². The highest BCUT2D eigenvalue weighted by Crippen LogP contribution is 2.29. The van der Waals surface area contributed by atoms with E-state index in [1.807, 2.05) is 37.3 Å². The van der Waals surface area contributed by atoms with Crippen LogP contribution in [0.2, 0.25) is 5.02 Å². The van der Waals surface area contributed by atoms with Gasteiger partial charge in [-0.05, 0) is 36.2 Å². The van der Waals surface area contributed by atoms with E-state index in [1.165, 1.54) is 0 Å². The second-order valence-corrected chi connectivity index (χ2v) is 5.83. The molecule has 2 rings (SSSR count). The molecule has 23 heavy (non-hydrogen) atoms. The Labute approximate surface area is 147 Å². The van der Waals surface area contributed by atoms with Crippen molar-refractivity contribution in [2.45, 2.75) is 32.6 Å². The molecule has 0 fully saturated rings. The second-order valence-electron chi connectivity index (χ2n) is 5.10. The summed E-state index contributed by atoms with van der Waals surface area (Å²) < 4.78 is 11.2. The van der Waals surface area contributed by atoms with Crippen molar-refractivity contribution in [3.8, 4) is 11.5 Å². The van der Waals surface area contributed by atoms with E-state index in [0.717, 1.165) is 16.7 Å². The van der Waals surface area contributed by atoms with Crippen LogP contribution in [0.1, 0.15) is 30.0 Å². The van der Waals surface area contributed by atoms with Gasteiger partial charge in [-0.1, -0.05) is 36.7 Å². The number of esters is 1. The molecule has 0 bridgehead atoms. The number of carbonyl (C=O) groups is 1. The van der Waals surface area contributed by atoms with Gasteiger partial charge in [0.2, 0.25) is 0 Å². The Kier molecular flexibility index (Phi) is 6.37. The monoisotopic (exact) mass is 350 g/mol. The second kappa shape index (κ2) is 8.27. The summed E-state index contributed by atoms with van der Waals surface area (Å²) in [6.07, 6.45) is 0.315. The normalized spacial score (nSPS) is 10.4. The number of hydrogen-bond donors (Lipinski definition) is 1. The number of halogens is 1. The fourth-order valence-corrected chi connectivity index (χ4v) is 2.67. The summed E-state index contributed by atoms with van der Waals surface area (Å²) in [4.78, 5) is 11.6. The first kappa shape index (κ1) is 17.7. The molecule has 0 aliphatic carbocycles. The van der Waals surface area contributed by atoms with Gasteiger partial charge in [-0.2, -0.15) is 12.6 Å². The number of benzene rings is 2. The predicted molar refractivity (Wildman–Crippen MR) is 95.6 cm³/mol. The maximum Gasteiger partial charge on any atom is 0.310 e. The Morgan fingerprint density at radius 1 is 1.22 bits per heavy atom. The molecule has 0 amide bonds. The molecule has 2 aromatic rings. The van der Waals surface area contributed by atoms with E-state index in [1.54, 1.807) is 13.0 Å². The zero-order chi connectivity index (χ0) is 16.8. The SMILES string of the molecule is CCC(=O)Oc1cccc(CS)c1COc1ccc(C)cc1Cl. The third kappa shape index (κ3) is 4.66. The van der Waals surface area contributed by atoms with Gasteiger partial charge >= 0.3 is 5.97 Å². The number of thiol groups is 1. The molecular formula is C18H19ClO3S. The van der Waals surface area contributed by atoms with E-state index in [2.05, 4.69) is 12.6 Å². The molecule has 0 aliphatic heterocycles. The Balaban J connectivity index is 2.24. The molecule has 0 radical (unpaired) electrons. The molecule has 0 atom stereocenters. The third-order valence-electron chi connectivity index (χ3n) is 3.37. The lowest BCUT2D eigenvalue weighted by Gasteiger charge is -2.15. The van der Waals surface area contributed by atoms with Crippen molar-refractivity contribution in [2.75, 3.05) is 0 Å². The Hall–Kier alpha value is -1.65. The first-order valence-corrected chi connectivity index (χ1v) is 8.37. The summed E-state index contributed by atoms with van der Waals surface area (Å²) in [7, 11) is 0. The van der Waals surface area contributed by atoms with Crippen LogP contribution in [-0.4, -0.2) is 5.97 Å². The molecular weight excluding hydrogens is 332 g/mol. The van der Waals surface area contributed by atoms with Crippen LogP contribution in [-0.2, 0) is 17.2 Å². The molecule has 0 unspecified atom stereocenters. The van der Waals surface area contributed by atoms with Gasteiger partial charge in [0.1, 0.15) is 18.1 Å². The fourth-order valence-electron chi connectivity index (χ4n) is 2.09. The van der Waals surface area contributed by atoms with Crippen LogP contribution < -0.4 is 9.47 Å². The smallest absolute Gasteiger partial charge is 0.310 e. The number of ether oxygens (including phenoxy) is 2. The van der Waals surface area contributed by atoms with Crippen LogP contribution in [0.15, 0.2) is 36.4 Å². The molecule has 122 valence electrons. The summed E-state index contributed by atoms with van der Waals surface area (Å²) >= 11 is 10.5. The van der Waals surface area contributed by atoms with Gasteiger partial charge in [0.15, 0.2) is 0 Å². The van der Waals surface area contributed by atoms with Gasteiger partial charge in [0.25, 0.3) is 0 Å². The van der Waals surface area contributed by atoms with E-state index in [9.17, 15) is 4.79 Å². The largest absolute Gasteiger partial charge is 0.487 e. The molecule has 0 aromatic heterocycles. The lowest BCUT2D eigenvalue weighted by atomic mass is 10.1.